The molecule has 6 nitrogen and oxygen atoms in total. The van der Waals surface area contributed by atoms with E-state index in [9.17, 15) is 13.2 Å². The van der Waals surface area contributed by atoms with Gasteiger partial charge < -0.3 is 14.6 Å². The second-order valence-corrected chi connectivity index (χ2v) is 7.82. The van der Waals surface area contributed by atoms with Gasteiger partial charge in [-0.1, -0.05) is 31.2 Å². The third-order valence-corrected chi connectivity index (χ3v) is 4.33. The standard InChI is InChI=1S/C19H23NO5S/c1-14(19(21)22)13-16-3-7-17(8-4-16)20-12-11-15-5-9-18(10-6-15)25-26(2,23)24/h3-10,14,20H,11-13H2,1-2H3,(H,21,22)/t14-/m0/s1. The summed E-state index contributed by atoms with van der Waals surface area (Å²) in [6.45, 7) is 2.41. The lowest BCUT2D eigenvalue weighted by Gasteiger charge is -2.10. The van der Waals surface area contributed by atoms with Crippen LogP contribution in [0.25, 0.3) is 0 Å². The SMILES string of the molecule is C[C@@H](Cc1ccc(NCCc2ccc(OS(C)(=O)=O)cc2)cc1)C(=O)O. The van der Waals surface area contributed by atoms with E-state index in [1.54, 1.807) is 19.1 Å². The van der Waals surface area contributed by atoms with Crippen molar-refractivity contribution < 1.29 is 22.5 Å². The number of hydrogen-bond acceptors (Lipinski definition) is 5. The molecule has 26 heavy (non-hydrogen) atoms. The van der Waals surface area contributed by atoms with Crippen LogP contribution in [0.5, 0.6) is 5.75 Å². The Labute approximate surface area is 153 Å². The largest absolute Gasteiger partial charge is 0.481 e. The van der Waals surface area contributed by atoms with E-state index in [-0.39, 0.29) is 0 Å². The third-order valence-electron chi connectivity index (χ3n) is 3.83. The summed E-state index contributed by atoms with van der Waals surface area (Å²) in [6.07, 6.45) is 2.30. The number of aliphatic carboxylic acids is 1. The Balaban J connectivity index is 1.81. The van der Waals surface area contributed by atoms with Gasteiger partial charge in [0.2, 0.25) is 0 Å². The summed E-state index contributed by atoms with van der Waals surface area (Å²) in [5, 5.41) is 12.3. The first-order chi connectivity index (χ1) is 12.2. The Morgan fingerprint density at radius 2 is 1.65 bits per heavy atom. The summed E-state index contributed by atoms with van der Waals surface area (Å²) in [4.78, 5) is 10.9. The van der Waals surface area contributed by atoms with Crippen LogP contribution in [-0.4, -0.2) is 32.3 Å². The van der Waals surface area contributed by atoms with Gasteiger partial charge in [-0.25, -0.2) is 0 Å². The van der Waals surface area contributed by atoms with Crippen molar-refractivity contribution in [3.63, 3.8) is 0 Å². The van der Waals surface area contributed by atoms with Crippen LogP contribution in [0.3, 0.4) is 0 Å². The molecule has 0 radical (unpaired) electrons. The van der Waals surface area contributed by atoms with Gasteiger partial charge in [0.1, 0.15) is 5.75 Å². The van der Waals surface area contributed by atoms with Crippen LogP contribution in [0.2, 0.25) is 0 Å². The third kappa shape index (κ3) is 6.76. The Bertz CT molecular complexity index is 829. The molecule has 0 saturated carbocycles. The van der Waals surface area contributed by atoms with Gasteiger partial charge in [-0.3, -0.25) is 4.79 Å². The molecule has 0 aromatic heterocycles. The zero-order chi connectivity index (χ0) is 19.2. The molecule has 0 heterocycles. The van der Waals surface area contributed by atoms with Crippen molar-refractivity contribution in [1.82, 2.24) is 0 Å². The fourth-order valence-electron chi connectivity index (χ4n) is 2.44. The van der Waals surface area contributed by atoms with Gasteiger partial charge in [-0.15, -0.1) is 0 Å². The first-order valence-corrected chi connectivity index (χ1v) is 10.1. The molecule has 2 aromatic carbocycles. The molecule has 2 N–H and O–H groups in total. The van der Waals surface area contributed by atoms with Crippen LogP contribution < -0.4 is 9.50 Å². The quantitative estimate of drug-likeness (QED) is 0.653. The smallest absolute Gasteiger partial charge is 0.306 e. The molecule has 0 aliphatic heterocycles. The lowest BCUT2D eigenvalue weighted by Crippen LogP contribution is -2.12. The number of nitrogens with one attached hydrogen (secondary N) is 1. The second-order valence-electron chi connectivity index (χ2n) is 6.25. The maximum atomic E-state index is 11.1. The minimum atomic E-state index is -3.50. The number of carbonyl (C=O) groups is 1. The summed E-state index contributed by atoms with van der Waals surface area (Å²) in [5.41, 5.74) is 3.02. The first-order valence-electron chi connectivity index (χ1n) is 8.27. The Kier molecular flexibility index (Phi) is 6.63. The van der Waals surface area contributed by atoms with E-state index in [0.717, 1.165) is 36.0 Å². The Hall–Kier alpha value is -2.54. The van der Waals surface area contributed by atoms with E-state index in [1.165, 1.54) is 0 Å². The van der Waals surface area contributed by atoms with E-state index in [0.29, 0.717) is 12.2 Å². The molecule has 7 heteroatoms. The molecular weight excluding hydrogens is 354 g/mol. The van der Waals surface area contributed by atoms with Crippen LogP contribution in [0, 0.1) is 5.92 Å². The number of rotatable bonds is 9. The lowest BCUT2D eigenvalue weighted by atomic mass is 10.0. The Morgan fingerprint density at radius 1 is 1.08 bits per heavy atom. The number of hydrogen-bond donors (Lipinski definition) is 2. The van der Waals surface area contributed by atoms with Crippen molar-refractivity contribution in [2.75, 3.05) is 18.1 Å². The highest BCUT2D eigenvalue weighted by molar-refractivity contribution is 7.86. The highest BCUT2D eigenvalue weighted by atomic mass is 32.2. The zero-order valence-corrected chi connectivity index (χ0v) is 15.6. The van der Waals surface area contributed by atoms with Crippen molar-refractivity contribution in [3.8, 4) is 5.75 Å². The second kappa shape index (κ2) is 8.71. The molecule has 0 bridgehead atoms. The number of anilines is 1. The monoisotopic (exact) mass is 377 g/mol. The molecule has 2 rings (SSSR count). The normalized spacial score (nSPS) is 12.4. The van der Waals surface area contributed by atoms with Gasteiger partial charge in [0.05, 0.1) is 12.2 Å². The van der Waals surface area contributed by atoms with Gasteiger partial charge in [0.15, 0.2) is 0 Å². The molecule has 0 aliphatic rings. The molecule has 0 fully saturated rings. The molecular formula is C19H23NO5S. The highest BCUT2D eigenvalue weighted by Crippen LogP contribution is 2.16. The van der Waals surface area contributed by atoms with Gasteiger partial charge in [-0.2, -0.15) is 8.42 Å². The predicted molar refractivity (Wildman–Crippen MR) is 101 cm³/mol. The molecule has 2 aromatic rings. The maximum Gasteiger partial charge on any atom is 0.306 e. The molecule has 140 valence electrons. The fraction of sp³-hybridized carbons (Fsp3) is 0.316. The molecule has 0 aliphatic carbocycles. The number of benzene rings is 2. The minimum Gasteiger partial charge on any atom is -0.481 e. The van der Waals surface area contributed by atoms with E-state index in [2.05, 4.69) is 5.32 Å². The van der Waals surface area contributed by atoms with Crippen molar-refractivity contribution in [3.05, 3.63) is 59.7 Å². The average molecular weight is 377 g/mol. The summed E-state index contributed by atoms with van der Waals surface area (Å²) < 4.78 is 26.9. The topological polar surface area (TPSA) is 92.7 Å². The predicted octanol–water partition coefficient (Wildman–Crippen LogP) is 2.94. The lowest BCUT2D eigenvalue weighted by molar-refractivity contribution is -0.141. The zero-order valence-electron chi connectivity index (χ0n) is 14.8. The molecule has 0 saturated heterocycles. The van der Waals surface area contributed by atoms with Crippen LogP contribution in [0.15, 0.2) is 48.5 Å². The molecule has 0 unspecified atom stereocenters. The summed E-state index contributed by atoms with van der Waals surface area (Å²) in [5.74, 6) is -0.890. The van der Waals surface area contributed by atoms with Gasteiger partial charge >= 0.3 is 16.1 Å². The van der Waals surface area contributed by atoms with E-state index < -0.39 is 22.0 Å². The van der Waals surface area contributed by atoms with Crippen LogP contribution in [0.4, 0.5) is 5.69 Å². The van der Waals surface area contributed by atoms with E-state index >= 15 is 0 Å². The van der Waals surface area contributed by atoms with Crippen LogP contribution in [0.1, 0.15) is 18.1 Å². The first kappa shape index (κ1) is 19.8. The fourth-order valence-corrected chi connectivity index (χ4v) is 2.90. The maximum absolute atomic E-state index is 11.1. The summed E-state index contributed by atoms with van der Waals surface area (Å²) in [6, 6.07) is 14.7. The van der Waals surface area contributed by atoms with Gasteiger partial charge in [0.25, 0.3) is 0 Å². The van der Waals surface area contributed by atoms with Gasteiger partial charge in [0, 0.05) is 12.2 Å². The summed E-state index contributed by atoms with van der Waals surface area (Å²) in [7, 11) is -3.50. The van der Waals surface area contributed by atoms with Crippen molar-refractivity contribution in [2.24, 2.45) is 5.92 Å². The molecule has 0 amide bonds. The van der Waals surface area contributed by atoms with Crippen molar-refractivity contribution in [2.45, 2.75) is 19.8 Å². The van der Waals surface area contributed by atoms with E-state index in [1.807, 2.05) is 36.4 Å². The average Bonchev–Trinajstić information content (AvgIpc) is 2.56. The van der Waals surface area contributed by atoms with Crippen molar-refractivity contribution in [1.29, 1.82) is 0 Å². The van der Waals surface area contributed by atoms with Crippen molar-refractivity contribution >= 4 is 21.8 Å². The number of carboxylic acids is 1. The highest BCUT2D eigenvalue weighted by Gasteiger charge is 2.11. The van der Waals surface area contributed by atoms with Gasteiger partial charge in [-0.05, 0) is 48.2 Å². The molecule has 1 atom stereocenters. The number of carboxylic acid groups (broad SMARTS) is 1. The van der Waals surface area contributed by atoms with E-state index in [4.69, 9.17) is 9.29 Å². The Morgan fingerprint density at radius 3 is 2.19 bits per heavy atom. The molecule has 0 spiro atoms. The minimum absolute atomic E-state index is 0.301. The van der Waals surface area contributed by atoms with Crippen LogP contribution in [-0.2, 0) is 27.8 Å². The van der Waals surface area contributed by atoms with Crippen LogP contribution >= 0.6 is 0 Å². The summed E-state index contributed by atoms with van der Waals surface area (Å²) >= 11 is 0.